The number of likely N-dealkylation sites (N-methyl/N-ethyl adjacent to an activating group) is 1. The smallest absolute Gasteiger partial charge is 0.280 e. The minimum absolute atomic E-state index is 0.0206. The average molecular weight is 506 g/mol. The molecule has 0 radical (unpaired) electrons. The lowest BCUT2D eigenvalue weighted by Crippen LogP contribution is -2.38. The zero-order valence-electron chi connectivity index (χ0n) is 19.9. The van der Waals surface area contributed by atoms with Gasteiger partial charge in [0.15, 0.2) is 35.0 Å². The van der Waals surface area contributed by atoms with Crippen molar-refractivity contribution in [1.82, 2.24) is 25.5 Å². The molecule has 0 unspecified atom stereocenters. The summed E-state index contributed by atoms with van der Waals surface area (Å²) in [5.74, 6) is -0.471. The molecule has 1 aromatic carbocycles. The number of anilines is 2. The second kappa shape index (κ2) is 13.9. The lowest BCUT2D eigenvalue weighted by molar-refractivity contribution is -0.123. The van der Waals surface area contributed by atoms with Gasteiger partial charge in [0.25, 0.3) is 11.8 Å². The summed E-state index contributed by atoms with van der Waals surface area (Å²) in [5, 5.41) is 5.07. The van der Waals surface area contributed by atoms with Crippen LogP contribution >= 0.6 is 11.6 Å². The molecule has 0 saturated heterocycles. The Morgan fingerprint density at radius 1 is 1.11 bits per heavy atom. The summed E-state index contributed by atoms with van der Waals surface area (Å²) in [6, 6.07) is 7.60. The van der Waals surface area contributed by atoms with Crippen LogP contribution in [-0.4, -0.2) is 73.0 Å². The van der Waals surface area contributed by atoms with E-state index < -0.39 is 5.91 Å². The van der Waals surface area contributed by atoms with E-state index in [0.29, 0.717) is 18.8 Å². The maximum absolute atomic E-state index is 12.2. The Labute approximate surface area is 209 Å². The number of hydrogen-bond donors (Lipinski definition) is 5. The molecular formula is C22H32ClN9O3. The van der Waals surface area contributed by atoms with Crippen LogP contribution in [0.4, 0.5) is 11.6 Å². The van der Waals surface area contributed by atoms with E-state index in [2.05, 4.69) is 25.6 Å². The van der Waals surface area contributed by atoms with Gasteiger partial charge in [0.1, 0.15) is 5.75 Å². The lowest BCUT2D eigenvalue weighted by Gasteiger charge is -2.11. The molecule has 35 heavy (non-hydrogen) atoms. The molecule has 13 heteroatoms. The van der Waals surface area contributed by atoms with E-state index >= 15 is 0 Å². The van der Waals surface area contributed by atoms with Crippen LogP contribution < -0.4 is 32.6 Å². The number of unbranched alkanes of at least 4 members (excludes halogenated alkanes) is 1. The number of nitrogens with zero attached hydrogens (tertiary/aromatic N) is 4. The van der Waals surface area contributed by atoms with E-state index in [9.17, 15) is 9.59 Å². The fourth-order valence-corrected chi connectivity index (χ4v) is 2.96. The standard InChI is InChI=1S/C22H32ClN9O3/c1-32(2)12-11-27-16(33)13-35-15-8-6-14(7-9-15)5-3-4-10-28-22(26)31-21(34)17-19(24)30-20(25)18(23)29-17/h6-9H,3-5,10-13H2,1-2H3,(H,27,33)(H4,24,25,30)(H3,26,28,31,34). The zero-order valence-corrected chi connectivity index (χ0v) is 20.6. The average Bonchev–Trinajstić information content (AvgIpc) is 2.80. The van der Waals surface area contributed by atoms with Crippen molar-refractivity contribution in [3.8, 4) is 5.75 Å². The van der Waals surface area contributed by atoms with Gasteiger partial charge >= 0.3 is 0 Å². The maximum Gasteiger partial charge on any atom is 0.280 e. The van der Waals surface area contributed by atoms with E-state index in [-0.39, 0.29) is 41.0 Å². The number of rotatable bonds is 12. The van der Waals surface area contributed by atoms with Gasteiger partial charge in [0.2, 0.25) is 0 Å². The SMILES string of the molecule is CN(C)CCNC(=O)COc1ccc(CCCCN=C(N)NC(=O)c2nc(Cl)c(N)nc2N)cc1. The molecule has 0 atom stereocenters. The second-order valence-electron chi connectivity index (χ2n) is 7.90. The molecule has 1 aromatic heterocycles. The Bertz CT molecular complexity index is 1030. The van der Waals surface area contributed by atoms with Gasteiger partial charge in [0, 0.05) is 19.6 Å². The number of nitrogens with one attached hydrogen (secondary N) is 2. The number of guanidine groups is 1. The van der Waals surface area contributed by atoms with E-state index in [1.54, 1.807) is 0 Å². The highest BCUT2D eigenvalue weighted by Crippen LogP contribution is 2.17. The fourth-order valence-electron chi connectivity index (χ4n) is 2.84. The normalized spacial score (nSPS) is 11.4. The molecule has 0 aliphatic heterocycles. The minimum atomic E-state index is -0.675. The summed E-state index contributed by atoms with van der Waals surface area (Å²) >= 11 is 5.78. The maximum atomic E-state index is 12.2. The van der Waals surface area contributed by atoms with E-state index in [0.717, 1.165) is 31.4 Å². The predicted octanol–water partition coefficient (Wildman–Crippen LogP) is 0.418. The Morgan fingerprint density at radius 2 is 1.83 bits per heavy atom. The van der Waals surface area contributed by atoms with Crippen molar-refractivity contribution in [2.75, 3.05) is 51.8 Å². The first kappa shape index (κ1) is 27.6. The van der Waals surface area contributed by atoms with Gasteiger partial charge in [-0.1, -0.05) is 23.7 Å². The van der Waals surface area contributed by atoms with Gasteiger partial charge in [0.05, 0.1) is 0 Å². The number of benzene rings is 1. The number of halogens is 1. The number of aliphatic imine (C=N–C) groups is 1. The summed E-state index contributed by atoms with van der Waals surface area (Å²) in [6.45, 7) is 1.76. The van der Waals surface area contributed by atoms with Crippen LogP contribution in [0.5, 0.6) is 5.75 Å². The van der Waals surface area contributed by atoms with Crippen molar-refractivity contribution in [3.05, 3.63) is 40.7 Å². The third-order valence-electron chi connectivity index (χ3n) is 4.69. The van der Waals surface area contributed by atoms with Crippen molar-refractivity contribution in [3.63, 3.8) is 0 Å². The van der Waals surface area contributed by atoms with Crippen molar-refractivity contribution < 1.29 is 14.3 Å². The molecule has 1 heterocycles. The summed E-state index contributed by atoms with van der Waals surface area (Å²) < 4.78 is 5.51. The number of carbonyl (C=O) groups excluding carboxylic acids is 2. The Kier molecular flexibility index (Phi) is 11.0. The molecule has 2 amide bonds. The van der Waals surface area contributed by atoms with Crippen LogP contribution in [-0.2, 0) is 11.2 Å². The molecule has 190 valence electrons. The van der Waals surface area contributed by atoms with Gasteiger partial charge in [-0.2, -0.15) is 0 Å². The van der Waals surface area contributed by atoms with Gasteiger partial charge in [-0.25, -0.2) is 9.97 Å². The van der Waals surface area contributed by atoms with Gasteiger partial charge in [-0.05, 0) is 51.1 Å². The molecule has 0 saturated carbocycles. The summed E-state index contributed by atoms with van der Waals surface area (Å²) in [7, 11) is 3.89. The summed E-state index contributed by atoms with van der Waals surface area (Å²) in [4.78, 5) is 37.7. The van der Waals surface area contributed by atoms with E-state index in [1.807, 2.05) is 43.3 Å². The Hall–Kier alpha value is -3.64. The van der Waals surface area contributed by atoms with Crippen molar-refractivity contribution in [1.29, 1.82) is 0 Å². The topological polar surface area (TPSA) is 187 Å². The number of nitrogen functional groups attached to an aromatic ring is 2. The number of amides is 2. The van der Waals surface area contributed by atoms with Crippen LogP contribution in [0.25, 0.3) is 0 Å². The molecule has 8 N–H and O–H groups in total. The van der Waals surface area contributed by atoms with Gasteiger partial charge in [-0.3, -0.25) is 19.9 Å². The molecule has 0 fully saturated rings. The van der Waals surface area contributed by atoms with Crippen LogP contribution in [0.2, 0.25) is 5.15 Å². The number of carbonyl (C=O) groups is 2. The highest BCUT2D eigenvalue weighted by Gasteiger charge is 2.16. The zero-order chi connectivity index (χ0) is 25.8. The van der Waals surface area contributed by atoms with Crippen molar-refractivity contribution in [2.45, 2.75) is 19.3 Å². The number of nitrogens with two attached hydrogens (primary N) is 3. The first-order valence-electron chi connectivity index (χ1n) is 11.0. The van der Waals surface area contributed by atoms with Crippen LogP contribution in [0.15, 0.2) is 29.3 Å². The summed E-state index contributed by atoms with van der Waals surface area (Å²) in [5.41, 5.74) is 17.8. The first-order valence-corrected chi connectivity index (χ1v) is 11.4. The van der Waals surface area contributed by atoms with Crippen LogP contribution in [0.1, 0.15) is 28.9 Å². The molecule has 2 aromatic rings. The van der Waals surface area contributed by atoms with Crippen molar-refractivity contribution in [2.24, 2.45) is 10.7 Å². The van der Waals surface area contributed by atoms with Gasteiger partial charge in [-0.15, -0.1) is 0 Å². The largest absolute Gasteiger partial charge is 0.484 e. The highest BCUT2D eigenvalue weighted by molar-refractivity contribution is 6.31. The molecular weight excluding hydrogens is 474 g/mol. The molecule has 0 bridgehead atoms. The predicted molar refractivity (Wildman–Crippen MR) is 136 cm³/mol. The number of hydrogen-bond acceptors (Lipinski definition) is 9. The molecule has 2 rings (SSSR count). The van der Waals surface area contributed by atoms with Crippen molar-refractivity contribution >= 4 is 41.0 Å². The van der Waals surface area contributed by atoms with Crippen LogP contribution in [0.3, 0.4) is 0 Å². The first-order chi connectivity index (χ1) is 16.7. The third kappa shape index (κ3) is 10.0. The van der Waals surface area contributed by atoms with E-state index in [1.165, 1.54) is 0 Å². The third-order valence-corrected chi connectivity index (χ3v) is 4.97. The summed E-state index contributed by atoms with van der Waals surface area (Å²) in [6.07, 6.45) is 2.46. The number of aryl methyl sites for hydroxylation is 1. The number of aromatic nitrogens is 2. The highest BCUT2D eigenvalue weighted by atomic mass is 35.5. The Balaban J connectivity index is 1.67. The van der Waals surface area contributed by atoms with Crippen LogP contribution in [0, 0.1) is 0 Å². The fraction of sp³-hybridized carbons (Fsp3) is 0.409. The Morgan fingerprint density at radius 3 is 2.51 bits per heavy atom. The molecule has 12 nitrogen and oxygen atoms in total. The lowest BCUT2D eigenvalue weighted by atomic mass is 10.1. The van der Waals surface area contributed by atoms with Gasteiger partial charge < -0.3 is 32.2 Å². The minimum Gasteiger partial charge on any atom is -0.484 e. The number of ether oxygens (including phenoxy) is 1. The monoisotopic (exact) mass is 505 g/mol. The molecule has 0 aliphatic rings. The molecule has 0 aliphatic carbocycles. The molecule has 0 spiro atoms. The van der Waals surface area contributed by atoms with E-state index in [4.69, 9.17) is 33.5 Å². The quantitative estimate of drug-likeness (QED) is 0.155. The second-order valence-corrected chi connectivity index (χ2v) is 8.26.